The number of amides is 1. The molecule has 0 spiro atoms. The molecule has 4 aromatic rings. The summed E-state index contributed by atoms with van der Waals surface area (Å²) in [4.78, 5) is 21.2. The van der Waals surface area contributed by atoms with Crippen LogP contribution in [0.3, 0.4) is 0 Å². The second-order valence-electron chi connectivity index (χ2n) is 8.62. The third kappa shape index (κ3) is 5.27. The van der Waals surface area contributed by atoms with E-state index in [0.717, 1.165) is 16.7 Å². The van der Waals surface area contributed by atoms with Gasteiger partial charge in [0.25, 0.3) is 5.91 Å². The monoisotopic (exact) mass is 473 g/mol. The van der Waals surface area contributed by atoms with Gasteiger partial charge in [-0.2, -0.15) is 5.10 Å². The Bertz CT molecular complexity index is 1210. The van der Waals surface area contributed by atoms with Crippen LogP contribution in [-0.4, -0.2) is 56.7 Å². The van der Waals surface area contributed by atoms with Crippen LogP contribution >= 0.6 is 0 Å². The van der Waals surface area contributed by atoms with Crippen molar-refractivity contribution in [3.8, 4) is 0 Å². The Hall–Kier alpha value is -3.91. The van der Waals surface area contributed by atoms with E-state index in [0.29, 0.717) is 38.3 Å². The molecule has 3 aromatic carbocycles. The van der Waals surface area contributed by atoms with Crippen molar-refractivity contribution in [1.82, 2.24) is 24.6 Å². The van der Waals surface area contributed by atoms with E-state index in [1.54, 1.807) is 35.3 Å². The Morgan fingerprint density at radius 2 is 1.37 bits per heavy atom. The van der Waals surface area contributed by atoms with E-state index >= 15 is 0 Å². The second kappa shape index (κ2) is 10.1. The summed E-state index contributed by atoms with van der Waals surface area (Å²) >= 11 is 0. The number of piperazine rings is 1. The summed E-state index contributed by atoms with van der Waals surface area (Å²) in [7, 11) is 0. The Balaban J connectivity index is 1.27. The van der Waals surface area contributed by atoms with Crippen molar-refractivity contribution < 1.29 is 13.6 Å². The summed E-state index contributed by atoms with van der Waals surface area (Å²) in [6.07, 6.45) is 3.15. The molecule has 8 heteroatoms. The fourth-order valence-corrected chi connectivity index (χ4v) is 4.52. The van der Waals surface area contributed by atoms with Crippen LogP contribution < -0.4 is 0 Å². The molecule has 1 saturated heterocycles. The second-order valence-corrected chi connectivity index (χ2v) is 8.62. The predicted molar refractivity (Wildman–Crippen MR) is 128 cm³/mol. The summed E-state index contributed by atoms with van der Waals surface area (Å²) in [5, 5.41) is 4.10. The molecule has 0 bridgehead atoms. The topological polar surface area (TPSA) is 54.3 Å². The zero-order chi connectivity index (χ0) is 24.2. The number of hydrogen-bond donors (Lipinski definition) is 0. The quantitative estimate of drug-likeness (QED) is 0.422. The van der Waals surface area contributed by atoms with Crippen LogP contribution in [0, 0.1) is 11.6 Å². The van der Waals surface area contributed by atoms with Gasteiger partial charge in [0, 0.05) is 31.7 Å². The summed E-state index contributed by atoms with van der Waals surface area (Å²) in [5.74, 6) is -0.597. The molecule has 1 aliphatic heterocycles. The lowest BCUT2D eigenvalue weighted by atomic mass is 9.96. The molecule has 0 radical (unpaired) electrons. The highest BCUT2D eigenvalue weighted by Gasteiger charge is 2.28. The predicted octanol–water partition coefficient (Wildman–Crippen LogP) is 4.15. The molecule has 1 aliphatic rings. The Labute approximate surface area is 202 Å². The van der Waals surface area contributed by atoms with Gasteiger partial charge in [-0.1, -0.05) is 36.4 Å². The molecule has 178 valence electrons. The van der Waals surface area contributed by atoms with E-state index in [9.17, 15) is 13.6 Å². The largest absolute Gasteiger partial charge is 0.336 e. The summed E-state index contributed by atoms with van der Waals surface area (Å²) in [5.41, 5.74) is 3.55. The third-order valence-corrected chi connectivity index (χ3v) is 6.35. The number of halogens is 2. The maximum absolute atomic E-state index is 13.6. The van der Waals surface area contributed by atoms with Crippen molar-refractivity contribution in [1.29, 1.82) is 0 Å². The van der Waals surface area contributed by atoms with Gasteiger partial charge >= 0.3 is 0 Å². The van der Waals surface area contributed by atoms with Gasteiger partial charge in [-0.25, -0.2) is 18.4 Å². The molecular weight excluding hydrogens is 448 g/mol. The van der Waals surface area contributed by atoms with Crippen molar-refractivity contribution in [2.45, 2.75) is 12.6 Å². The SMILES string of the molecule is O=C(c1ccc(Cn2cncn2)cc1)N1CCN(C(c2ccc(F)cc2)c2ccc(F)cc2)CC1. The van der Waals surface area contributed by atoms with Crippen molar-refractivity contribution >= 4 is 5.91 Å². The van der Waals surface area contributed by atoms with Crippen molar-refractivity contribution in [2.24, 2.45) is 0 Å². The van der Waals surface area contributed by atoms with Crippen LogP contribution in [-0.2, 0) is 6.54 Å². The minimum absolute atomic E-state index is 0.00271. The van der Waals surface area contributed by atoms with E-state index in [-0.39, 0.29) is 23.6 Å². The van der Waals surface area contributed by atoms with Crippen LogP contribution in [0.15, 0.2) is 85.5 Å². The molecule has 0 unspecified atom stereocenters. The minimum atomic E-state index is -0.297. The first-order valence-electron chi connectivity index (χ1n) is 11.5. The fourth-order valence-electron chi connectivity index (χ4n) is 4.52. The van der Waals surface area contributed by atoms with Gasteiger partial charge in [-0.3, -0.25) is 9.69 Å². The van der Waals surface area contributed by atoms with Gasteiger partial charge < -0.3 is 4.90 Å². The lowest BCUT2D eigenvalue weighted by molar-refractivity contribution is 0.0597. The Kier molecular flexibility index (Phi) is 6.63. The number of aromatic nitrogens is 3. The number of nitrogens with zero attached hydrogens (tertiary/aromatic N) is 5. The maximum Gasteiger partial charge on any atom is 0.253 e. The number of hydrogen-bond acceptors (Lipinski definition) is 4. The van der Waals surface area contributed by atoms with Crippen LogP contribution in [0.4, 0.5) is 8.78 Å². The Morgan fingerprint density at radius 3 is 1.89 bits per heavy atom. The van der Waals surface area contributed by atoms with Crippen molar-refractivity contribution in [3.63, 3.8) is 0 Å². The van der Waals surface area contributed by atoms with Gasteiger partial charge in [0.15, 0.2) is 0 Å². The van der Waals surface area contributed by atoms with Gasteiger partial charge in [0.1, 0.15) is 24.3 Å². The molecule has 1 fully saturated rings. The zero-order valence-electron chi connectivity index (χ0n) is 19.1. The van der Waals surface area contributed by atoms with Crippen LogP contribution in [0.5, 0.6) is 0 Å². The van der Waals surface area contributed by atoms with E-state index in [2.05, 4.69) is 15.0 Å². The van der Waals surface area contributed by atoms with Crippen LogP contribution in [0.2, 0.25) is 0 Å². The van der Waals surface area contributed by atoms with Gasteiger partial charge in [0.2, 0.25) is 0 Å². The lowest BCUT2D eigenvalue weighted by Gasteiger charge is -2.39. The molecule has 0 saturated carbocycles. The highest BCUT2D eigenvalue weighted by atomic mass is 19.1. The van der Waals surface area contributed by atoms with E-state index in [1.165, 1.54) is 30.6 Å². The molecule has 5 rings (SSSR count). The number of carbonyl (C=O) groups excluding carboxylic acids is 1. The molecule has 35 heavy (non-hydrogen) atoms. The van der Waals surface area contributed by atoms with Gasteiger partial charge in [-0.15, -0.1) is 0 Å². The van der Waals surface area contributed by atoms with Gasteiger partial charge in [-0.05, 0) is 53.1 Å². The first-order chi connectivity index (χ1) is 17.1. The van der Waals surface area contributed by atoms with E-state index < -0.39 is 0 Å². The van der Waals surface area contributed by atoms with E-state index in [1.807, 2.05) is 29.2 Å². The average Bonchev–Trinajstić information content (AvgIpc) is 3.40. The molecule has 1 aromatic heterocycles. The first-order valence-corrected chi connectivity index (χ1v) is 11.5. The summed E-state index contributed by atoms with van der Waals surface area (Å²) < 4.78 is 28.8. The normalized spacial score (nSPS) is 14.4. The minimum Gasteiger partial charge on any atom is -0.336 e. The van der Waals surface area contributed by atoms with Crippen LogP contribution in [0.1, 0.15) is 33.1 Å². The smallest absolute Gasteiger partial charge is 0.253 e. The summed E-state index contributed by atoms with van der Waals surface area (Å²) in [6.45, 7) is 3.03. The van der Waals surface area contributed by atoms with Crippen molar-refractivity contribution in [3.05, 3.63) is 119 Å². The number of benzene rings is 3. The molecule has 6 nitrogen and oxygen atoms in total. The fraction of sp³-hybridized carbons (Fsp3) is 0.222. The number of rotatable bonds is 6. The average molecular weight is 474 g/mol. The highest BCUT2D eigenvalue weighted by molar-refractivity contribution is 5.94. The lowest BCUT2D eigenvalue weighted by Crippen LogP contribution is -2.49. The van der Waals surface area contributed by atoms with E-state index in [4.69, 9.17) is 0 Å². The van der Waals surface area contributed by atoms with Crippen molar-refractivity contribution in [2.75, 3.05) is 26.2 Å². The van der Waals surface area contributed by atoms with Gasteiger partial charge in [0.05, 0.1) is 12.6 Å². The maximum atomic E-state index is 13.6. The molecule has 0 aliphatic carbocycles. The molecule has 0 atom stereocenters. The molecular formula is C27H25F2N5O. The molecule has 0 N–H and O–H groups in total. The standard InChI is InChI=1S/C27H25F2N5O/c28-24-9-5-21(6-10-24)26(22-7-11-25(29)12-8-22)32-13-15-33(16-14-32)27(35)23-3-1-20(2-4-23)17-34-19-30-18-31-34/h1-12,18-19,26H,13-17H2. The first kappa shape index (κ1) is 22.9. The Morgan fingerprint density at radius 1 is 0.800 bits per heavy atom. The molecule has 1 amide bonds. The third-order valence-electron chi connectivity index (χ3n) is 6.35. The summed E-state index contributed by atoms with van der Waals surface area (Å²) in [6, 6.07) is 20.3. The number of carbonyl (C=O) groups is 1. The highest BCUT2D eigenvalue weighted by Crippen LogP contribution is 2.30. The van der Waals surface area contributed by atoms with Crippen LogP contribution in [0.25, 0.3) is 0 Å². The zero-order valence-corrected chi connectivity index (χ0v) is 19.1. The molecule has 2 heterocycles.